The average molecular weight is 293 g/mol. The lowest BCUT2D eigenvalue weighted by Crippen LogP contribution is -2.60. The number of hydrogen-bond donors (Lipinski definition) is 1. The Kier molecular flexibility index (Phi) is 4.31. The van der Waals surface area contributed by atoms with E-state index in [1.807, 2.05) is 0 Å². The second-order valence-corrected chi connectivity index (χ2v) is 6.10. The van der Waals surface area contributed by atoms with Crippen LogP contribution in [0.5, 0.6) is 0 Å². The third-order valence-electron chi connectivity index (χ3n) is 3.56. The van der Waals surface area contributed by atoms with Gasteiger partial charge in [-0.1, -0.05) is 6.92 Å². The molecule has 0 aromatic rings. The minimum atomic E-state index is -3.48. The molecule has 0 saturated carbocycles. The predicted molar refractivity (Wildman–Crippen MR) is 67.7 cm³/mol. The number of likely N-dealkylation sites (tertiary alicyclic amines) is 1. The van der Waals surface area contributed by atoms with Gasteiger partial charge in [-0.3, -0.25) is 4.79 Å². The Labute approximate surface area is 116 Å². The van der Waals surface area contributed by atoms with Gasteiger partial charge in [0.1, 0.15) is 11.0 Å². The zero-order valence-electron chi connectivity index (χ0n) is 12.2. The van der Waals surface area contributed by atoms with E-state index < -0.39 is 35.5 Å². The zero-order chi connectivity index (χ0) is 15.8. The van der Waals surface area contributed by atoms with E-state index in [1.54, 1.807) is 20.8 Å². The molecule has 1 heterocycles. The average Bonchev–Trinajstić information content (AvgIpc) is 2.25. The highest BCUT2D eigenvalue weighted by Gasteiger charge is 2.61. The van der Waals surface area contributed by atoms with Crippen molar-refractivity contribution >= 4 is 12.1 Å². The van der Waals surface area contributed by atoms with E-state index in [1.165, 1.54) is 6.92 Å². The smallest absolute Gasteiger partial charge is 0.410 e. The Hall–Kier alpha value is -1.40. The van der Waals surface area contributed by atoms with Crippen molar-refractivity contribution in [1.82, 2.24) is 4.90 Å². The normalized spacial score (nSPS) is 26.2. The quantitative estimate of drug-likeness (QED) is 0.850. The standard InChI is InChI=1S/C13H21F2NO4/c1-5-12(9(17)18)6-7-16(8-13(12,14)15)10(19)20-11(2,3)4/h5-8H2,1-4H3,(H,17,18). The molecule has 7 heteroatoms. The van der Waals surface area contributed by atoms with Crippen LogP contribution in [0.15, 0.2) is 0 Å². The minimum Gasteiger partial charge on any atom is -0.481 e. The second-order valence-electron chi connectivity index (χ2n) is 6.10. The number of hydrogen-bond acceptors (Lipinski definition) is 3. The van der Waals surface area contributed by atoms with Gasteiger partial charge in [0.05, 0.1) is 6.54 Å². The Balaban J connectivity index is 2.89. The third-order valence-corrected chi connectivity index (χ3v) is 3.56. The van der Waals surface area contributed by atoms with Gasteiger partial charge in [-0.25, -0.2) is 13.6 Å². The van der Waals surface area contributed by atoms with Crippen molar-refractivity contribution in [3.05, 3.63) is 0 Å². The van der Waals surface area contributed by atoms with Crippen LogP contribution in [0.2, 0.25) is 0 Å². The van der Waals surface area contributed by atoms with Crippen LogP contribution in [-0.4, -0.2) is 46.7 Å². The Morgan fingerprint density at radius 2 is 1.90 bits per heavy atom. The highest BCUT2D eigenvalue weighted by atomic mass is 19.3. The molecule has 20 heavy (non-hydrogen) atoms. The van der Waals surface area contributed by atoms with Gasteiger partial charge in [-0.05, 0) is 33.6 Å². The van der Waals surface area contributed by atoms with Crippen LogP contribution in [0.1, 0.15) is 40.5 Å². The maximum atomic E-state index is 14.2. The number of piperidine rings is 1. The van der Waals surface area contributed by atoms with Crippen molar-refractivity contribution in [2.24, 2.45) is 5.41 Å². The summed E-state index contributed by atoms with van der Waals surface area (Å²) in [5, 5.41) is 9.12. The van der Waals surface area contributed by atoms with Crippen LogP contribution in [0.3, 0.4) is 0 Å². The van der Waals surface area contributed by atoms with Crippen LogP contribution >= 0.6 is 0 Å². The topological polar surface area (TPSA) is 66.8 Å². The first-order chi connectivity index (χ1) is 8.95. The molecule has 1 aliphatic rings. The first kappa shape index (κ1) is 16.7. The summed E-state index contributed by atoms with van der Waals surface area (Å²) >= 11 is 0. The summed E-state index contributed by atoms with van der Waals surface area (Å²) in [4.78, 5) is 23.9. The molecule has 0 spiro atoms. The van der Waals surface area contributed by atoms with Crippen LogP contribution in [0.4, 0.5) is 13.6 Å². The summed E-state index contributed by atoms with van der Waals surface area (Å²) in [5.74, 6) is -5.00. The lowest BCUT2D eigenvalue weighted by atomic mass is 9.73. The minimum absolute atomic E-state index is 0.0509. The maximum absolute atomic E-state index is 14.2. The molecule has 1 fully saturated rings. The van der Waals surface area contributed by atoms with Crippen molar-refractivity contribution in [2.75, 3.05) is 13.1 Å². The summed E-state index contributed by atoms with van der Waals surface area (Å²) in [7, 11) is 0. The van der Waals surface area contributed by atoms with Crippen LogP contribution in [0.25, 0.3) is 0 Å². The molecule has 1 saturated heterocycles. The van der Waals surface area contributed by atoms with Gasteiger partial charge in [-0.15, -0.1) is 0 Å². The fourth-order valence-electron chi connectivity index (χ4n) is 2.31. The summed E-state index contributed by atoms with van der Waals surface area (Å²) in [6, 6.07) is 0. The van der Waals surface area contributed by atoms with E-state index in [4.69, 9.17) is 9.84 Å². The lowest BCUT2D eigenvalue weighted by Gasteiger charge is -2.44. The summed E-state index contributed by atoms with van der Waals surface area (Å²) in [6.45, 7) is 5.36. The highest BCUT2D eigenvalue weighted by molar-refractivity contribution is 5.77. The van der Waals surface area contributed by atoms with Crippen LogP contribution in [0, 0.1) is 5.41 Å². The van der Waals surface area contributed by atoms with Crippen molar-refractivity contribution in [1.29, 1.82) is 0 Å². The number of carbonyl (C=O) groups is 2. The SMILES string of the molecule is CCC1(C(=O)O)CCN(C(=O)OC(C)(C)C)CC1(F)F. The lowest BCUT2D eigenvalue weighted by molar-refractivity contribution is -0.197. The molecule has 116 valence electrons. The molecule has 5 nitrogen and oxygen atoms in total. The highest BCUT2D eigenvalue weighted by Crippen LogP contribution is 2.46. The number of carboxylic acids is 1. The zero-order valence-corrected chi connectivity index (χ0v) is 12.2. The molecule has 0 aliphatic carbocycles. The molecule has 1 atom stereocenters. The molecule has 0 aromatic carbocycles. The molecule has 1 aliphatic heterocycles. The largest absolute Gasteiger partial charge is 0.481 e. The fourth-order valence-corrected chi connectivity index (χ4v) is 2.31. The second kappa shape index (κ2) is 5.18. The number of alkyl halides is 2. The molecule has 1 amide bonds. The predicted octanol–water partition coefficient (Wildman–Crippen LogP) is 2.74. The van der Waals surface area contributed by atoms with E-state index >= 15 is 0 Å². The van der Waals surface area contributed by atoms with E-state index in [0.29, 0.717) is 0 Å². The van der Waals surface area contributed by atoms with Crippen LogP contribution < -0.4 is 0 Å². The number of ether oxygens (including phenoxy) is 1. The number of nitrogens with zero attached hydrogens (tertiary/aromatic N) is 1. The van der Waals surface area contributed by atoms with Gasteiger partial charge in [0.15, 0.2) is 0 Å². The molecule has 1 N–H and O–H groups in total. The Bertz CT molecular complexity index is 406. The molecule has 1 unspecified atom stereocenters. The van der Waals surface area contributed by atoms with Crippen molar-refractivity contribution < 1.29 is 28.2 Å². The van der Waals surface area contributed by atoms with Crippen LogP contribution in [-0.2, 0) is 9.53 Å². The van der Waals surface area contributed by atoms with Crippen molar-refractivity contribution in [3.63, 3.8) is 0 Å². The molecule has 0 bridgehead atoms. The number of amides is 1. The number of halogens is 2. The number of carboxylic acid groups (broad SMARTS) is 1. The van der Waals surface area contributed by atoms with E-state index in [9.17, 15) is 18.4 Å². The Morgan fingerprint density at radius 3 is 2.25 bits per heavy atom. The fraction of sp³-hybridized carbons (Fsp3) is 0.846. The third kappa shape index (κ3) is 3.02. The van der Waals surface area contributed by atoms with Crippen molar-refractivity contribution in [2.45, 2.75) is 52.1 Å². The van der Waals surface area contributed by atoms with Gasteiger partial charge in [0, 0.05) is 6.54 Å². The molecule has 1 rings (SSSR count). The number of aliphatic carboxylic acids is 1. The summed E-state index contributed by atoms with van der Waals surface area (Å²) in [6.07, 6.45) is -1.31. The van der Waals surface area contributed by atoms with Crippen molar-refractivity contribution in [3.8, 4) is 0 Å². The van der Waals surface area contributed by atoms with Gasteiger partial charge in [-0.2, -0.15) is 0 Å². The van der Waals surface area contributed by atoms with E-state index in [2.05, 4.69) is 0 Å². The molecular weight excluding hydrogens is 272 g/mol. The van der Waals surface area contributed by atoms with E-state index in [0.717, 1.165) is 4.90 Å². The van der Waals surface area contributed by atoms with Gasteiger partial charge >= 0.3 is 12.1 Å². The number of carbonyl (C=O) groups excluding carboxylic acids is 1. The Morgan fingerprint density at radius 1 is 1.35 bits per heavy atom. The molecule has 0 aromatic heterocycles. The summed E-state index contributed by atoms with van der Waals surface area (Å²) < 4.78 is 33.4. The molecule has 0 radical (unpaired) electrons. The van der Waals surface area contributed by atoms with Gasteiger partial charge in [0.25, 0.3) is 5.92 Å². The van der Waals surface area contributed by atoms with E-state index in [-0.39, 0.29) is 19.4 Å². The maximum Gasteiger partial charge on any atom is 0.410 e. The molecular formula is C13H21F2NO4. The number of rotatable bonds is 2. The first-order valence-corrected chi connectivity index (χ1v) is 6.54. The first-order valence-electron chi connectivity index (χ1n) is 6.54. The van der Waals surface area contributed by atoms with Gasteiger partial charge < -0.3 is 14.7 Å². The summed E-state index contributed by atoms with van der Waals surface area (Å²) in [5.41, 5.74) is -2.88. The van der Waals surface area contributed by atoms with Gasteiger partial charge in [0.2, 0.25) is 0 Å². The monoisotopic (exact) mass is 293 g/mol.